The van der Waals surface area contributed by atoms with E-state index in [0.29, 0.717) is 28.0 Å². The summed E-state index contributed by atoms with van der Waals surface area (Å²) in [5, 5.41) is 16.4. The average Bonchev–Trinajstić information content (AvgIpc) is 2.94. The molecule has 0 radical (unpaired) electrons. The van der Waals surface area contributed by atoms with E-state index in [9.17, 15) is 4.79 Å². The summed E-state index contributed by atoms with van der Waals surface area (Å²) < 4.78 is 11.3. The van der Waals surface area contributed by atoms with Crippen LogP contribution >= 0.6 is 27.7 Å². The zero-order chi connectivity index (χ0) is 13.8. The van der Waals surface area contributed by atoms with Crippen molar-refractivity contribution in [2.45, 2.75) is 24.3 Å². The first-order valence-electron chi connectivity index (χ1n) is 5.46. The molecule has 0 aromatic carbocycles. The fourth-order valence-corrected chi connectivity index (χ4v) is 2.47. The topological polar surface area (TPSA) is 89.4 Å². The summed E-state index contributed by atoms with van der Waals surface area (Å²) in [6, 6.07) is 3.46. The number of hydrogen-bond donors (Lipinski definition) is 1. The molecule has 0 amide bonds. The summed E-state index contributed by atoms with van der Waals surface area (Å²) in [4.78, 5) is 10.5. The first-order valence-corrected chi connectivity index (χ1v) is 7.30. The highest BCUT2D eigenvalue weighted by molar-refractivity contribution is 9.10. The van der Waals surface area contributed by atoms with Crippen molar-refractivity contribution in [1.29, 1.82) is 0 Å². The van der Waals surface area contributed by atoms with Crippen molar-refractivity contribution in [3.8, 4) is 11.7 Å². The van der Waals surface area contributed by atoms with Crippen molar-refractivity contribution in [3.05, 3.63) is 22.7 Å². The molecular weight excluding hydrogens is 336 g/mol. The van der Waals surface area contributed by atoms with Gasteiger partial charge in [-0.05, 0) is 28.1 Å². The van der Waals surface area contributed by atoms with Crippen LogP contribution in [0.4, 0.5) is 0 Å². The fourth-order valence-electron chi connectivity index (χ4n) is 1.36. The molecule has 0 aliphatic rings. The average molecular weight is 347 g/mol. The molecule has 0 spiro atoms. The van der Waals surface area contributed by atoms with Gasteiger partial charge in [0.25, 0.3) is 5.89 Å². The van der Waals surface area contributed by atoms with E-state index in [4.69, 9.17) is 13.9 Å². The molecule has 1 N–H and O–H groups in total. The van der Waals surface area contributed by atoms with E-state index in [-0.39, 0.29) is 11.7 Å². The molecule has 2 rings (SSSR count). The lowest BCUT2D eigenvalue weighted by Crippen LogP contribution is -2.05. The molecule has 2 aromatic rings. The van der Waals surface area contributed by atoms with E-state index in [1.165, 1.54) is 11.8 Å². The Kier molecular flexibility index (Phi) is 4.65. The second-order valence-electron chi connectivity index (χ2n) is 3.82. The summed E-state index contributed by atoms with van der Waals surface area (Å²) in [5.74, 6) is 0.918. The SMILES string of the molecule is CC(CC(=O)O)SCc1nnc(-c2ccc(Br)o2)o1. The third-order valence-electron chi connectivity index (χ3n) is 2.20. The van der Waals surface area contributed by atoms with E-state index in [1.807, 2.05) is 6.92 Å². The van der Waals surface area contributed by atoms with Crippen LogP contribution in [-0.2, 0) is 10.5 Å². The third kappa shape index (κ3) is 4.10. The number of aromatic nitrogens is 2. The Labute approximate surface area is 121 Å². The minimum Gasteiger partial charge on any atom is -0.481 e. The van der Waals surface area contributed by atoms with Crippen molar-refractivity contribution in [2.75, 3.05) is 0 Å². The lowest BCUT2D eigenvalue weighted by Gasteiger charge is -2.05. The quantitative estimate of drug-likeness (QED) is 0.858. The highest BCUT2D eigenvalue weighted by Crippen LogP contribution is 2.25. The molecule has 0 aliphatic carbocycles. The Morgan fingerprint density at radius 2 is 2.26 bits per heavy atom. The number of carboxylic acids is 1. The summed E-state index contributed by atoms with van der Waals surface area (Å²) >= 11 is 4.65. The van der Waals surface area contributed by atoms with Gasteiger partial charge >= 0.3 is 5.97 Å². The number of carboxylic acid groups (broad SMARTS) is 1. The van der Waals surface area contributed by atoms with E-state index < -0.39 is 5.97 Å². The summed E-state index contributed by atoms with van der Waals surface area (Å²) in [5.41, 5.74) is 0. The molecule has 1 atom stereocenters. The van der Waals surface area contributed by atoms with Crippen LogP contribution in [0.3, 0.4) is 0 Å². The van der Waals surface area contributed by atoms with Crippen molar-refractivity contribution < 1.29 is 18.7 Å². The van der Waals surface area contributed by atoms with Crippen molar-refractivity contribution in [2.24, 2.45) is 0 Å². The Hall–Kier alpha value is -1.28. The van der Waals surface area contributed by atoms with Crippen LogP contribution in [0.1, 0.15) is 19.2 Å². The van der Waals surface area contributed by atoms with Gasteiger partial charge in [-0.25, -0.2) is 0 Å². The zero-order valence-corrected chi connectivity index (χ0v) is 12.4. The Morgan fingerprint density at radius 3 is 2.89 bits per heavy atom. The number of furan rings is 1. The number of halogens is 1. The van der Waals surface area contributed by atoms with Gasteiger partial charge < -0.3 is 13.9 Å². The predicted octanol–water partition coefficient (Wildman–Crippen LogP) is 3.19. The molecule has 0 aliphatic heterocycles. The first kappa shape index (κ1) is 14.1. The molecular formula is C11H11BrN2O4S. The zero-order valence-electron chi connectivity index (χ0n) is 10.00. The highest BCUT2D eigenvalue weighted by atomic mass is 79.9. The lowest BCUT2D eigenvalue weighted by atomic mass is 10.3. The van der Waals surface area contributed by atoms with E-state index in [2.05, 4.69) is 26.1 Å². The number of carbonyl (C=O) groups is 1. The second-order valence-corrected chi connectivity index (χ2v) is 6.03. The molecule has 8 heteroatoms. The predicted molar refractivity (Wildman–Crippen MR) is 72.7 cm³/mol. The number of nitrogens with zero attached hydrogens (tertiary/aromatic N) is 2. The largest absolute Gasteiger partial charge is 0.481 e. The summed E-state index contributed by atoms with van der Waals surface area (Å²) in [6.07, 6.45) is 0.108. The molecule has 0 fully saturated rings. The van der Waals surface area contributed by atoms with Gasteiger partial charge in [0.05, 0.1) is 12.2 Å². The first-order chi connectivity index (χ1) is 9.04. The van der Waals surface area contributed by atoms with E-state index >= 15 is 0 Å². The monoisotopic (exact) mass is 346 g/mol. The maximum Gasteiger partial charge on any atom is 0.304 e. The maximum atomic E-state index is 10.5. The lowest BCUT2D eigenvalue weighted by molar-refractivity contribution is -0.136. The summed E-state index contributed by atoms with van der Waals surface area (Å²) in [6.45, 7) is 1.85. The van der Waals surface area contributed by atoms with Crippen LogP contribution in [0.2, 0.25) is 0 Å². The molecule has 19 heavy (non-hydrogen) atoms. The van der Waals surface area contributed by atoms with Gasteiger partial charge in [-0.1, -0.05) is 6.92 Å². The van der Waals surface area contributed by atoms with Gasteiger partial charge in [-0.3, -0.25) is 4.79 Å². The molecule has 0 saturated heterocycles. The van der Waals surface area contributed by atoms with Gasteiger partial charge in [-0.15, -0.1) is 22.0 Å². The Bertz CT molecular complexity index is 569. The minimum atomic E-state index is -0.813. The molecule has 0 saturated carbocycles. The van der Waals surface area contributed by atoms with E-state index in [1.54, 1.807) is 12.1 Å². The van der Waals surface area contributed by atoms with Crippen molar-refractivity contribution in [3.63, 3.8) is 0 Å². The number of hydrogen-bond acceptors (Lipinski definition) is 6. The van der Waals surface area contributed by atoms with Crippen molar-refractivity contribution >= 4 is 33.7 Å². The Balaban J connectivity index is 1.92. The molecule has 6 nitrogen and oxygen atoms in total. The van der Waals surface area contributed by atoms with Gasteiger partial charge in [0.15, 0.2) is 10.4 Å². The molecule has 1 unspecified atom stereocenters. The summed E-state index contributed by atoms with van der Waals surface area (Å²) in [7, 11) is 0. The number of rotatable bonds is 6. The molecule has 0 bridgehead atoms. The number of aliphatic carboxylic acids is 1. The van der Waals surface area contributed by atoms with Crippen LogP contribution in [0, 0.1) is 0 Å². The Morgan fingerprint density at radius 1 is 1.47 bits per heavy atom. The minimum absolute atomic E-state index is 0.00870. The van der Waals surface area contributed by atoms with E-state index in [0.717, 1.165) is 0 Å². The highest BCUT2D eigenvalue weighted by Gasteiger charge is 2.14. The van der Waals surface area contributed by atoms with Crippen LogP contribution in [0.15, 0.2) is 25.6 Å². The smallest absolute Gasteiger partial charge is 0.304 e. The molecule has 2 heterocycles. The van der Waals surface area contributed by atoms with Gasteiger partial charge in [0.2, 0.25) is 5.89 Å². The van der Waals surface area contributed by atoms with Crippen LogP contribution < -0.4 is 0 Å². The maximum absolute atomic E-state index is 10.5. The van der Waals surface area contributed by atoms with Crippen LogP contribution in [-0.4, -0.2) is 26.5 Å². The molecule has 102 valence electrons. The van der Waals surface area contributed by atoms with Crippen LogP contribution in [0.25, 0.3) is 11.7 Å². The van der Waals surface area contributed by atoms with Gasteiger partial charge in [0, 0.05) is 5.25 Å². The van der Waals surface area contributed by atoms with Crippen molar-refractivity contribution in [1.82, 2.24) is 10.2 Å². The number of thioether (sulfide) groups is 1. The van der Waals surface area contributed by atoms with Crippen LogP contribution in [0.5, 0.6) is 0 Å². The third-order valence-corrected chi connectivity index (χ3v) is 3.78. The molecule has 2 aromatic heterocycles. The fraction of sp³-hybridized carbons (Fsp3) is 0.364. The standard InChI is InChI=1S/C11H11BrN2O4S/c1-6(4-10(15)16)19-5-9-13-14-11(18-9)7-2-3-8(12)17-7/h2-3,6H,4-5H2,1H3,(H,15,16). The van der Waals surface area contributed by atoms with Gasteiger partial charge in [0.1, 0.15) is 0 Å². The second kappa shape index (κ2) is 6.25. The van der Waals surface area contributed by atoms with Gasteiger partial charge in [-0.2, -0.15) is 0 Å². The normalized spacial score (nSPS) is 12.5.